The predicted molar refractivity (Wildman–Crippen MR) is 142 cm³/mol. The highest BCUT2D eigenvalue weighted by molar-refractivity contribution is 8.13. The lowest BCUT2D eigenvalue weighted by atomic mass is 10.1. The van der Waals surface area contributed by atoms with Crippen molar-refractivity contribution in [2.24, 2.45) is 7.05 Å². The van der Waals surface area contributed by atoms with Crippen molar-refractivity contribution < 1.29 is 47.7 Å². The van der Waals surface area contributed by atoms with Gasteiger partial charge in [0.05, 0.1) is 13.6 Å². The minimum absolute atomic E-state index is 0.778. The molecule has 0 radical (unpaired) electrons. The van der Waals surface area contributed by atoms with Gasteiger partial charge in [0.25, 0.3) is 0 Å². The second-order valence-electron chi connectivity index (χ2n) is 9.09. The van der Waals surface area contributed by atoms with Crippen molar-refractivity contribution in [2.45, 2.75) is 108 Å². The topological polar surface area (TPSA) is 91.2 Å². The zero-order chi connectivity index (χ0) is 30.0. The molecular weight excluding hydrogens is 592 g/mol. The molecule has 1 aromatic heterocycles. The molecule has 0 bridgehead atoms. The maximum atomic E-state index is 11.4. The van der Waals surface area contributed by atoms with E-state index in [0.717, 1.165) is 10.7 Å². The van der Waals surface area contributed by atoms with Crippen LogP contribution >= 0.6 is 11.8 Å². The van der Waals surface area contributed by atoms with Gasteiger partial charge < -0.3 is 4.13 Å². The fourth-order valence-electron chi connectivity index (χ4n) is 3.34. The molecule has 0 aliphatic rings. The van der Waals surface area contributed by atoms with E-state index < -0.39 is 31.1 Å². The first kappa shape index (κ1) is 38.0. The van der Waals surface area contributed by atoms with E-state index in [2.05, 4.69) is 53.6 Å². The average molecular weight is 634 g/mol. The second kappa shape index (κ2) is 19.2. The third-order valence-electron chi connectivity index (χ3n) is 5.45. The number of hydrogen-bond acceptors (Lipinski definition) is 5. The highest BCUT2D eigenvalue weighted by Gasteiger charge is 2.46. The Hall–Kier alpha value is -1.00. The quantitative estimate of drug-likeness (QED) is 0.0913. The average Bonchev–Trinajstić information content (AvgIpc) is 3.22. The van der Waals surface area contributed by atoms with E-state index in [4.69, 9.17) is 0 Å². The van der Waals surface area contributed by atoms with Gasteiger partial charge in [0.15, 0.2) is 20.0 Å². The minimum Gasteiger partial charge on any atom is -0.421 e. The van der Waals surface area contributed by atoms with Crippen LogP contribution < -0.4 is 4.57 Å². The van der Waals surface area contributed by atoms with E-state index in [9.17, 15) is 43.2 Å². The van der Waals surface area contributed by atoms with Crippen molar-refractivity contribution in [2.75, 3.05) is 11.5 Å². The molecule has 39 heavy (non-hydrogen) atoms. The highest BCUT2D eigenvalue weighted by atomic mass is 32.3. The molecule has 0 unspecified atom stereocenters. The van der Waals surface area contributed by atoms with E-state index >= 15 is 0 Å². The molecule has 0 aliphatic heterocycles. The molecule has 7 nitrogen and oxygen atoms in total. The van der Waals surface area contributed by atoms with Crippen molar-refractivity contribution >= 4 is 31.8 Å². The number of unbranched alkanes of at least 4 members (excludes halogenated alkanes) is 11. The Morgan fingerprint density at radius 3 is 1.51 bits per heavy atom. The number of nitrogens with zero attached hydrogens (tertiary/aromatic N) is 3. The summed E-state index contributed by atoms with van der Waals surface area (Å²) in [5.41, 5.74) is -12.4. The minimum atomic E-state index is -6.72. The summed E-state index contributed by atoms with van der Waals surface area (Å²) >= 11 is 2.14. The van der Waals surface area contributed by atoms with Crippen molar-refractivity contribution in [3.63, 3.8) is 0 Å². The number of hydrogen-bond donors (Lipinski definition) is 0. The Kier molecular flexibility index (Phi) is 18.7. The molecule has 1 aromatic rings. The van der Waals surface area contributed by atoms with Crippen LogP contribution in [0, 0.1) is 0 Å². The molecule has 0 amide bonds. The van der Waals surface area contributed by atoms with Crippen molar-refractivity contribution in [1.29, 1.82) is 0 Å². The van der Waals surface area contributed by atoms with Crippen LogP contribution in [0.15, 0.2) is 18.7 Å². The molecule has 0 spiro atoms. The number of aromatic nitrogens is 2. The lowest BCUT2D eigenvalue weighted by molar-refractivity contribution is -0.671. The molecule has 1 rings (SSSR count). The predicted octanol–water partition coefficient (Wildman–Crippen LogP) is 7.20. The standard InChI is InChI=1S/C21H41N2S.C2F6NO4S2/c1-3-4-5-6-7-8-9-10-11-12-13-14-19-24-20-15-16-23-18-17-22(2)21-23;3-1(4,5)14(10,11)9-15(12,13)2(6,7)8/h17-18,21H,3-16,19-20H2,1-2H3;/q+1;-1. The second-order valence-corrected chi connectivity index (χ2v) is 13.7. The fourth-order valence-corrected chi connectivity index (χ4v) is 6.00. The fraction of sp³-hybridized carbons (Fsp3) is 0.870. The molecule has 0 N–H and O–H groups in total. The summed E-state index contributed by atoms with van der Waals surface area (Å²) in [5, 5.41) is 0. The summed E-state index contributed by atoms with van der Waals surface area (Å²) in [4.78, 5) is 0. The number of halogens is 6. The first-order valence-corrected chi connectivity index (χ1v) is 17.0. The van der Waals surface area contributed by atoms with Gasteiger partial charge in [0.1, 0.15) is 12.4 Å². The molecule has 0 aromatic carbocycles. The zero-order valence-electron chi connectivity index (χ0n) is 22.5. The van der Waals surface area contributed by atoms with Crippen LogP contribution in [0.2, 0.25) is 0 Å². The summed E-state index contributed by atoms with van der Waals surface area (Å²) in [6.07, 6.45) is 25.1. The van der Waals surface area contributed by atoms with Crippen LogP contribution in [-0.2, 0) is 33.6 Å². The van der Waals surface area contributed by atoms with Gasteiger partial charge in [0.2, 0.25) is 6.33 Å². The van der Waals surface area contributed by atoms with Crippen molar-refractivity contribution in [3.8, 4) is 0 Å². The molecule has 0 fully saturated rings. The summed E-state index contributed by atoms with van der Waals surface area (Å²) in [6.45, 7) is 3.45. The summed E-state index contributed by atoms with van der Waals surface area (Å²) < 4.78 is 114. The number of imidazole rings is 1. The molecule has 16 heteroatoms. The van der Waals surface area contributed by atoms with Gasteiger partial charge >= 0.3 is 11.0 Å². The van der Waals surface area contributed by atoms with Gasteiger partial charge in [-0.25, -0.2) is 26.0 Å². The van der Waals surface area contributed by atoms with Crippen LogP contribution in [-0.4, -0.2) is 43.9 Å². The Labute approximate surface area is 233 Å². The van der Waals surface area contributed by atoms with E-state index in [0.29, 0.717) is 0 Å². The molecule has 0 saturated carbocycles. The first-order chi connectivity index (χ1) is 18.0. The van der Waals surface area contributed by atoms with Crippen molar-refractivity contribution in [3.05, 3.63) is 22.8 Å². The zero-order valence-corrected chi connectivity index (χ0v) is 25.0. The Morgan fingerprint density at radius 2 is 1.13 bits per heavy atom. The Balaban J connectivity index is 0.000000830. The van der Waals surface area contributed by atoms with E-state index in [-0.39, 0.29) is 0 Å². The highest BCUT2D eigenvalue weighted by Crippen LogP contribution is 2.36. The largest absolute Gasteiger partial charge is 0.480 e. The van der Waals surface area contributed by atoms with Crippen LogP contribution in [0.4, 0.5) is 26.3 Å². The van der Waals surface area contributed by atoms with Crippen LogP contribution in [0.1, 0.15) is 90.4 Å². The Bertz CT molecular complexity index is 940. The maximum absolute atomic E-state index is 11.4. The number of sulfonamides is 2. The van der Waals surface area contributed by atoms with Crippen LogP contribution in [0.5, 0.6) is 0 Å². The summed E-state index contributed by atoms with van der Waals surface area (Å²) in [7, 11) is -11.4. The first-order valence-electron chi connectivity index (χ1n) is 13.0. The van der Waals surface area contributed by atoms with Gasteiger partial charge in [-0.2, -0.15) is 38.1 Å². The monoisotopic (exact) mass is 633 g/mol. The number of rotatable bonds is 19. The molecule has 0 aliphatic carbocycles. The number of aryl methyl sites for hydroxylation is 2. The van der Waals surface area contributed by atoms with E-state index in [1.54, 1.807) is 0 Å². The Morgan fingerprint density at radius 1 is 0.718 bits per heavy atom. The number of alkyl halides is 6. The van der Waals surface area contributed by atoms with Crippen molar-refractivity contribution in [1.82, 2.24) is 4.57 Å². The lowest BCUT2D eigenvalue weighted by Crippen LogP contribution is -2.30. The van der Waals surface area contributed by atoms with Crippen LogP contribution in [0.3, 0.4) is 0 Å². The van der Waals surface area contributed by atoms with Gasteiger partial charge in [-0.05, 0) is 24.3 Å². The van der Waals surface area contributed by atoms with Crippen LogP contribution in [0.25, 0.3) is 4.13 Å². The smallest absolute Gasteiger partial charge is 0.421 e. The molecule has 232 valence electrons. The molecule has 1 heterocycles. The molecular formula is C23H41F6N3O4S3. The summed E-state index contributed by atoms with van der Waals surface area (Å²) in [5.74, 6) is 2.66. The molecule has 0 saturated heterocycles. The SMILES string of the molecule is CCCCCCCCCCCCCCSCCCn1cc[n+](C)c1.O=S(=O)([N-]S(=O)(=O)C(F)(F)F)C(F)(F)F. The lowest BCUT2D eigenvalue weighted by Gasteiger charge is -2.22. The van der Waals surface area contributed by atoms with Gasteiger partial charge in [-0.3, -0.25) is 0 Å². The van der Waals surface area contributed by atoms with Gasteiger partial charge in [-0.1, -0.05) is 77.6 Å². The number of thioether (sulfide) groups is 1. The van der Waals surface area contributed by atoms with Gasteiger partial charge in [0, 0.05) is 0 Å². The normalized spacial score (nSPS) is 12.8. The third-order valence-corrected chi connectivity index (χ3v) is 9.35. The maximum Gasteiger partial charge on any atom is 0.480 e. The third kappa shape index (κ3) is 18.1. The van der Waals surface area contributed by atoms with Gasteiger partial charge in [-0.15, -0.1) is 0 Å². The van der Waals surface area contributed by atoms with E-state index in [1.165, 1.54) is 95.0 Å². The summed E-state index contributed by atoms with van der Waals surface area (Å²) in [6, 6.07) is 0. The molecule has 0 atom stereocenters. The van der Waals surface area contributed by atoms with E-state index in [1.807, 2.05) is 0 Å².